The number of hydrogen-bond donors (Lipinski definition) is 1. The molecule has 1 saturated carbocycles. The maximum atomic E-state index is 13.3. The fourth-order valence-corrected chi connectivity index (χ4v) is 2.50. The predicted molar refractivity (Wildman–Crippen MR) is 71.8 cm³/mol. The van der Waals surface area contributed by atoms with Crippen molar-refractivity contribution in [3.8, 4) is 11.4 Å². The van der Waals surface area contributed by atoms with Crippen molar-refractivity contribution in [3.05, 3.63) is 34.4 Å². The minimum atomic E-state index is -0.342. The monoisotopic (exact) mass is 325 g/mol. The van der Waals surface area contributed by atoms with Gasteiger partial charge in [0.05, 0.1) is 0 Å². The summed E-state index contributed by atoms with van der Waals surface area (Å²) in [5, 5.41) is 3.87. The summed E-state index contributed by atoms with van der Waals surface area (Å²) in [5.74, 6) is 1.14. The van der Waals surface area contributed by atoms with Crippen molar-refractivity contribution in [1.82, 2.24) is 10.1 Å². The van der Waals surface area contributed by atoms with Gasteiger partial charge in [-0.15, -0.1) is 0 Å². The molecular weight excluding hydrogens is 313 g/mol. The summed E-state index contributed by atoms with van der Waals surface area (Å²) in [6, 6.07) is 4.58. The van der Waals surface area contributed by atoms with Gasteiger partial charge in [-0.25, -0.2) is 4.39 Å². The second-order valence-corrected chi connectivity index (χ2v) is 5.79. The second-order valence-electron chi connectivity index (χ2n) is 4.88. The van der Waals surface area contributed by atoms with Crippen LogP contribution in [0.3, 0.4) is 0 Å². The molecule has 1 unspecified atom stereocenters. The van der Waals surface area contributed by atoms with Crippen molar-refractivity contribution >= 4 is 15.9 Å². The zero-order valence-corrected chi connectivity index (χ0v) is 11.7. The van der Waals surface area contributed by atoms with E-state index in [2.05, 4.69) is 26.1 Å². The Bertz CT molecular complexity index is 577. The van der Waals surface area contributed by atoms with Gasteiger partial charge in [0, 0.05) is 22.5 Å². The third kappa shape index (κ3) is 3.01. The first-order chi connectivity index (χ1) is 9.11. The Hall–Kier alpha value is -1.27. The van der Waals surface area contributed by atoms with Crippen LogP contribution in [0.4, 0.5) is 4.39 Å². The lowest BCUT2D eigenvalue weighted by Crippen LogP contribution is -2.25. The van der Waals surface area contributed by atoms with Gasteiger partial charge in [-0.05, 0) is 37.0 Å². The molecule has 1 aliphatic rings. The SMILES string of the molecule is NC(Cc1nc(-c2cc(F)cc(Br)c2)no1)C1CC1. The van der Waals surface area contributed by atoms with E-state index in [4.69, 9.17) is 10.3 Å². The first-order valence-corrected chi connectivity index (χ1v) is 6.96. The standard InChI is InChI=1S/C13H13BrFN3O/c14-9-3-8(4-10(15)5-9)13-17-12(19-18-13)6-11(16)7-1-2-7/h3-5,7,11H,1-2,6,16H2. The molecule has 0 radical (unpaired) electrons. The summed E-state index contributed by atoms with van der Waals surface area (Å²) in [5.41, 5.74) is 6.60. The van der Waals surface area contributed by atoms with Crippen molar-refractivity contribution in [1.29, 1.82) is 0 Å². The molecule has 100 valence electrons. The molecule has 19 heavy (non-hydrogen) atoms. The molecule has 4 nitrogen and oxygen atoms in total. The molecule has 1 aromatic carbocycles. The van der Waals surface area contributed by atoms with Crippen LogP contribution >= 0.6 is 15.9 Å². The molecule has 1 aromatic heterocycles. The van der Waals surface area contributed by atoms with Gasteiger partial charge in [0.1, 0.15) is 5.82 Å². The van der Waals surface area contributed by atoms with E-state index in [0.29, 0.717) is 34.1 Å². The molecule has 0 bridgehead atoms. The highest BCUT2D eigenvalue weighted by Crippen LogP contribution is 2.33. The van der Waals surface area contributed by atoms with Gasteiger partial charge < -0.3 is 10.3 Å². The number of hydrogen-bond acceptors (Lipinski definition) is 4. The third-order valence-corrected chi connectivity index (χ3v) is 3.68. The molecule has 0 amide bonds. The molecule has 1 atom stereocenters. The Morgan fingerprint density at radius 2 is 2.21 bits per heavy atom. The zero-order valence-electron chi connectivity index (χ0n) is 10.1. The first kappa shape index (κ1) is 12.7. The van der Waals surface area contributed by atoms with Crippen LogP contribution in [0.1, 0.15) is 18.7 Å². The summed E-state index contributed by atoms with van der Waals surface area (Å²) >= 11 is 3.24. The van der Waals surface area contributed by atoms with Crippen LogP contribution in [-0.4, -0.2) is 16.2 Å². The van der Waals surface area contributed by atoms with E-state index in [1.165, 1.54) is 25.0 Å². The average Bonchev–Trinajstić information content (AvgIpc) is 3.09. The van der Waals surface area contributed by atoms with E-state index in [1.54, 1.807) is 6.07 Å². The van der Waals surface area contributed by atoms with Gasteiger partial charge in [0.2, 0.25) is 11.7 Å². The van der Waals surface area contributed by atoms with E-state index in [9.17, 15) is 4.39 Å². The molecule has 1 heterocycles. The van der Waals surface area contributed by atoms with Crippen LogP contribution in [0.2, 0.25) is 0 Å². The molecular formula is C13H13BrFN3O. The summed E-state index contributed by atoms with van der Waals surface area (Å²) < 4.78 is 19.1. The van der Waals surface area contributed by atoms with Crippen molar-refractivity contribution in [2.45, 2.75) is 25.3 Å². The van der Waals surface area contributed by atoms with Gasteiger partial charge >= 0.3 is 0 Å². The quantitative estimate of drug-likeness (QED) is 0.938. The highest BCUT2D eigenvalue weighted by atomic mass is 79.9. The smallest absolute Gasteiger partial charge is 0.228 e. The van der Waals surface area contributed by atoms with Crippen LogP contribution in [0.15, 0.2) is 27.2 Å². The van der Waals surface area contributed by atoms with Crippen molar-refractivity contribution in [3.63, 3.8) is 0 Å². The molecule has 1 fully saturated rings. The molecule has 0 saturated heterocycles. The topological polar surface area (TPSA) is 64.9 Å². The van der Waals surface area contributed by atoms with Crippen molar-refractivity contribution < 1.29 is 8.91 Å². The Balaban J connectivity index is 1.79. The Morgan fingerprint density at radius 3 is 2.89 bits per heavy atom. The second kappa shape index (κ2) is 5.02. The average molecular weight is 326 g/mol. The first-order valence-electron chi connectivity index (χ1n) is 6.16. The number of rotatable bonds is 4. The van der Waals surface area contributed by atoms with E-state index in [-0.39, 0.29) is 11.9 Å². The molecule has 6 heteroatoms. The van der Waals surface area contributed by atoms with Crippen LogP contribution in [0, 0.1) is 11.7 Å². The number of aromatic nitrogens is 2. The van der Waals surface area contributed by atoms with Crippen molar-refractivity contribution in [2.75, 3.05) is 0 Å². The van der Waals surface area contributed by atoms with Gasteiger partial charge in [0.15, 0.2) is 0 Å². The molecule has 0 aliphatic heterocycles. The fraction of sp³-hybridized carbons (Fsp3) is 0.385. The zero-order chi connectivity index (χ0) is 13.4. The number of halogens is 2. The summed E-state index contributed by atoms with van der Waals surface area (Å²) in [4.78, 5) is 4.27. The van der Waals surface area contributed by atoms with Crippen LogP contribution in [0.25, 0.3) is 11.4 Å². The Labute approximate surface area is 118 Å². The lowest BCUT2D eigenvalue weighted by atomic mass is 10.1. The maximum Gasteiger partial charge on any atom is 0.228 e. The predicted octanol–water partition coefficient (Wildman–Crippen LogP) is 2.92. The van der Waals surface area contributed by atoms with Crippen LogP contribution < -0.4 is 5.73 Å². The van der Waals surface area contributed by atoms with Crippen LogP contribution in [0.5, 0.6) is 0 Å². The van der Waals surface area contributed by atoms with Gasteiger partial charge in [-0.1, -0.05) is 21.1 Å². The molecule has 2 N–H and O–H groups in total. The van der Waals surface area contributed by atoms with Crippen LogP contribution in [-0.2, 0) is 6.42 Å². The minimum absolute atomic E-state index is 0.0764. The minimum Gasteiger partial charge on any atom is -0.339 e. The molecule has 0 spiro atoms. The maximum absolute atomic E-state index is 13.3. The lowest BCUT2D eigenvalue weighted by Gasteiger charge is -2.04. The Kier molecular flexibility index (Phi) is 3.36. The fourth-order valence-electron chi connectivity index (χ4n) is 2.03. The van der Waals surface area contributed by atoms with E-state index in [1.807, 2.05) is 0 Å². The molecule has 2 aromatic rings. The van der Waals surface area contributed by atoms with Gasteiger partial charge in [-0.2, -0.15) is 4.98 Å². The van der Waals surface area contributed by atoms with Crippen molar-refractivity contribution in [2.24, 2.45) is 11.7 Å². The highest BCUT2D eigenvalue weighted by molar-refractivity contribution is 9.10. The van der Waals surface area contributed by atoms with Gasteiger partial charge in [0.25, 0.3) is 0 Å². The van der Waals surface area contributed by atoms with E-state index in [0.717, 1.165) is 0 Å². The van der Waals surface area contributed by atoms with Gasteiger partial charge in [-0.3, -0.25) is 0 Å². The number of benzene rings is 1. The summed E-state index contributed by atoms with van der Waals surface area (Å²) in [6.07, 6.45) is 2.94. The molecule has 1 aliphatic carbocycles. The highest BCUT2D eigenvalue weighted by Gasteiger charge is 2.29. The summed E-state index contributed by atoms with van der Waals surface area (Å²) in [7, 11) is 0. The van der Waals surface area contributed by atoms with E-state index < -0.39 is 0 Å². The Morgan fingerprint density at radius 1 is 1.42 bits per heavy atom. The number of nitrogens with zero attached hydrogens (tertiary/aromatic N) is 2. The molecule has 3 rings (SSSR count). The third-order valence-electron chi connectivity index (χ3n) is 3.23. The normalized spacial score (nSPS) is 16.6. The number of nitrogens with two attached hydrogens (primary N) is 1. The van der Waals surface area contributed by atoms with E-state index >= 15 is 0 Å². The summed E-state index contributed by atoms with van der Waals surface area (Å²) in [6.45, 7) is 0. The lowest BCUT2D eigenvalue weighted by molar-refractivity contribution is 0.364. The largest absolute Gasteiger partial charge is 0.339 e.